The fraction of sp³-hybridized carbons (Fsp3) is 0.562. The summed E-state index contributed by atoms with van der Waals surface area (Å²) in [5, 5.41) is 3.18. The smallest absolute Gasteiger partial charge is 0.253 e. The molecular weight excluding hydrogens is 287 g/mol. The Kier molecular flexibility index (Phi) is 6.06. The van der Waals surface area contributed by atoms with Crippen LogP contribution in [0, 0.1) is 11.7 Å². The van der Waals surface area contributed by atoms with Gasteiger partial charge in [0.15, 0.2) is 0 Å². The molecule has 3 nitrogen and oxygen atoms in total. The van der Waals surface area contributed by atoms with Crippen LogP contribution in [0.4, 0.5) is 4.39 Å². The highest BCUT2D eigenvalue weighted by molar-refractivity contribution is 7.97. The number of carbonyl (C=O) groups excluding carboxylic acids is 1. The van der Waals surface area contributed by atoms with E-state index in [-0.39, 0.29) is 11.7 Å². The number of halogens is 1. The van der Waals surface area contributed by atoms with Crippen molar-refractivity contribution in [3.63, 3.8) is 0 Å². The minimum atomic E-state index is -0.229. The summed E-state index contributed by atoms with van der Waals surface area (Å²) in [7, 11) is 1.94. The summed E-state index contributed by atoms with van der Waals surface area (Å²) in [5.74, 6) is 0.902. The van der Waals surface area contributed by atoms with Crippen LogP contribution in [0.2, 0.25) is 0 Å². The number of carbonyl (C=O) groups is 1. The Labute approximate surface area is 130 Å². The maximum Gasteiger partial charge on any atom is 0.253 e. The molecule has 0 spiro atoms. The number of hydrogen-bond donors (Lipinski definition) is 1. The van der Waals surface area contributed by atoms with Gasteiger partial charge in [0.25, 0.3) is 5.91 Å². The Hall–Kier alpha value is -1.07. The van der Waals surface area contributed by atoms with Crippen molar-refractivity contribution >= 4 is 17.7 Å². The molecule has 1 aromatic rings. The third-order valence-corrected chi connectivity index (χ3v) is 4.49. The van der Waals surface area contributed by atoms with Crippen LogP contribution in [-0.2, 0) is 5.75 Å². The van der Waals surface area contributed by atoms with Crippen molar-refractivity contribution in [1.82, 2.24) is 10.2 Å². The lowest BCUT2D eigenvalue weighted by atomic mass is 9.97. The van der Waals surface area contributed by atoms with E-state index in [0.717, 1.165) is 32.5 Å². The second-order valence-corrected chi connectivity index (χ2v) is 6.42. The Morgan fingerprint density at radius 2 is 2.33 bits per heavy atom. The molecular formula is C16H23FN2OS. The maximum atomic E-state index is 13.7. The first-order valence-electron chi connectivity index (χ1n) is 7.37. The summed E-state index contributed by atoms with van der Waals surface area (Å²) < 4.78 is 13.7. The Morgan fingerprint density at radius 3 is 3.05 bits per heavy atom. The van der Waals surface area contributed by atoms with E-state index in [1.54, 1.807) is 23.9 Å². The van der Waals surface area contributed by atoms with Crippen molar-refractivity contribution in [1.29, 1.82) is 0 Å². The summed E-state index contributed by atoms with van der Waals surface area (Å²) in [4.78, 5) is 14.5. The highest BCUT2D eigenvalue weighted by Crippen LogP contribution is 2.21. The summed E-state index contributed by atoms with van der Waals surface area (Å²) in [6.45, 7) is 2.52. The van der Waals surface area contributed by atoms with E-state index in [4.69, 9.17) is 0 Å². The number of benzene rings is 1. The molecule has 0 aliphatic carbocycles. The highest BCUT2D eigenvalue weighted by atomic mass is 32.2. The number of likely N-dealkylation sites (tertiary alicyclic amines) is 1. The predicted molar refractivity (Wildman–Crippen MR) is 86.2 cm³/mol. The van der Waals surface area contributed by atoms with Crippen molar-refractivity contribution in [2.45, 2.75) is 18.6 Å². The van der Waals surface area contributed by atoms with Gasteiger partial charge in [-0.1, -0.05) is 0 Å². The molecule has 0 unspecified atom stereocenters. The molecule has 1 heterocycles. The topological polar surface area (TPSA) is 32.3 Å². The highest BCUT2D eigenvalue weighted by Gasteiger charge is 2.24. The third kappa shape index (κ3) is 4.20. The number of hydrogen-bond acceptors (Lipinski definition) is 3. The zero-order chi connectivity index (χ0) is 15.2. The molecule has 1 amide bonds. The van der Waals surface area contributed by atoms with Crippen molar-refractivity contribution in [3.8, 4) is 0 Å². The zero-order valence-electron chi connectivity index (χ0n) is 12.7. The monoisotopic (exact) mass is 310 g/mol. The molecule has 5 heteroatoms. The van der Waals surface area contributed by atoms with Crippen molar-refractivity contribution in [3.05, 3.63) is 35.1 Å². The molecule has 1 fully saturated rings. The minimum absolute atomic E-state index is 0.0261. The van der Waals surface area contributed by atoms with Gasteiger partial charge in [0.05, 0.1) is 0 Å². The fourth-order valence-corrected chi connectivity index (χ4v) is 3.39. The van der Waals surface area contributed by atoms with Crippen LogP contribution in [0.5, 0.6) is 0 Å². The summed E-state index contributed by atoms with van der Waals surface area (Å²) >= 11 is 1.56. The molecule has 2 rings (SSSR count). The average molecular weight is 310 g/mol. The van der Waals surface area contributed by atoms with Gasteiger partial charge >= 0.3 is 0 Å². The van der Waals surface area contributed by atoms with Gasteiger partial charge in [0, 0.05) is 24.4 Å². The van der Waals surface area contributed by atoms with Gasteiger partial charge in [0.1, 0.15) is 5.82 Å². The number of piperidine rings is 1. The molecule has 0 bridgehead atoms. The first-order chi connectivity index (χ1) is 10.2. The quantitative estimate of drug-likeness (QED) is 0.907. The number of nitrogens with zero attached hydrogens (tertiary/aromatic N) is 1. The molecule has 116 valence electrons. The van der Waals surface area contributed by atoms with Crippen molar-refractivity contribution in [2.75, 3.05) is 32.9 Å². The molecule has 21 heavy (non-hydrogen) atoms. The van der Waals surface area contributed by atoms with E-state index in [1.807, 2.05) is 18.2 Å². The molecule has 1 aliphatic rings. The van der Waals surface area contributed by atoms with Gasteiger partial charge in [-0.15, -0.1) is 0 Å². The average Bonchev–Trinajstić information content (AvgIpc) is 2.50. The minimum Gasteiger partial charge on any atom is -0.338 e. The SMILES string of the molecule is CNC[C@H]1CCCN(C(=O)c2ccc(F)c(CSC)c2)C1. The van der Waals surface area contributed by atoms with Gasteiger partial charge in [-0.05, 0) is 62.4 Å². The summed E-state index contributed by atoms with van der Waals surface area (Å²) in [6, 6.07) is 4.72. The predicted octanol–water partition coefficient (Wildman–Crippen LogP) is 2.76. The van der Waals surface area contributed by atoms with Crippen molar-refractivity contribution in [2.24, 2.45) is 5.92 Å². The Morgan fingerprint density at radius 1 is 1.52 bits per heavy atom. The Bertz CT molecular complexity index is 493. The number of thioether (sulfide) groups is 1. The van der Waals surface area contributed by atoms with E-state index in [2.05, 4.69) is 5.32 Å². The van der Waals surface area contributed by atoms with Crippen LogP contribution < -0.4 is 5.32 Å². The van der Waals surface area contributed by atoms with E-state index >= 15 is 0 Å². The Balaban J connectivity index is 2.10. The van der Waals surface area contributed by atoms with Crippen LogP contribution in [0.3, 0.4) is 0 Å². The van der Waals surface area contributed by atoms with Gasteiger partial charge in [-0.3, -0.25) is 4.79 Å². The van der Waals surface area contributed by atoms with Gasteiger partial charge in [0.2, 0.25) is 0 Å². The van der Waals surface area contributed by atoms with Crippen molar-refractivity contribution < 1.29 is 9.18 Å². The molecule has 0 aromatic heterocycles. The number of amides is 1. The summed E-state index contributed by atoms with van der Waals surface area (Å²) in [6.07, 6.45) is 4.13. The first-order valence-corrected chi connectivity index (χ1v) is 8.76. The second kappa shape index (κ2) is 7.80. The lowest BCUT2D eigenvalue weighted by Gasteiger charge is -2.32. The molecule has 1 N–H and O–H groups in total. The van der Waals surface area contributed by atoms with Gasteiger partial charge in [-0.2, -0.15) is 11.8 Å². The van der Waals surface area contributed by atoms with E-state index in [1.165, 1.54) is 6.07 Å². The number of rotatable bonds is 5. The molecule has 0 saturated carbocycles. The van der Waals surface area contributed by atoms with Crippen LogP contribution in [-0.4, -0.2) is 43.7 Å². The van der Waals surface area contributed by atoms with E-state index in [0.29, 0.717) is 22.8 Å². The van der Waals surface area contributed by atoms with Crippen LogP contribution in [0.15, 0.2) is 18.2 Å². The fourth-order valence-electron chi connectivity index (χ4n) is 2.86. The van der Waals surface area contributed by atoms with Gasteiger partial charge < -0.3 is 10.2 Å². The normalized spacial score (nSPS) is 18.8. The molecule has 1 aromatic carbocycles. The number of nitrogens with one attached hydrogen (secondary N) is 1. The molecule has 1 saturated heterocycles. The second-order valence-electron chi connectivity index (χ2n) is 5.56. The standard InChI is InChI=1S/C16H23FN2OS/c1-18-9-12-4-3-7-19(10-12)16(20)13-5-6-15(17)14(8-13)11-21-2/h5-6,8,12,18H,3-4,7,9-11H2,1-2H3/t12-/m1/s1. The molecule has 1 aliphatic heterocycles. The lowest BCUT2D eigenvalue weighted by molar-refractivity contribution is 0.0674. The zero-order valence-corrected chi connectivity index (χ0v) is 13.5. The maximum absolute atomic E-state index is 13.7. The van der Waals surface area contributed by atoms with Gasteiger partial charge in [-0.25, -0.2) is 4.39 Å². The van der Waals surface area contributed by atoms with E-state index < -0.39 is 0 Å². The largest absolute Gasteiger partial charge is 0.338 e. The van der Waals surface area contributed by atoms with Crippen LogP contribution in [0.25, 0.3) is 0 Å². The van der Waals surface area contributed by atoms with Crippen LogP contribution in [0.1, 0.15) is 28.8 Å². The van der Waals surface area contributed by atoms with E-state index in [9.17, 15) is 9.18 Å². The molecule has 0 radical (unpaired) electrons. The lowest BCUT2D eigenvalue weighted by Crippen LogP contribution is -2.42. The molecule has 1 atom stereocenters. The van der Waals surface area contributed by atoms with Crippen LogP contribution >= 0.6 is 11.8 Å². The summed E-state index contributed by atoms with van der Waals surface area (Å²) in [5.41, 5.74) is 1.21. The first kappa shape index (κ1) is 16.3. The third-order valence-electron chi connectivity index (χ3n) is 3.89.